The third-order valence-corrected chi connectivity index (χ3v) is 6.46. The molecule has 148 valence electrons. The minimum atomic E-state index is -0.335. The number of carbonyl (C=O) groups is 1. The standard InChI is InChI=1S/C22H27N3O3/c1-23-17-8-10-22(11-9-17)14-25(13-16-4-2-3-5-19(16)27-22)21(26)18-12-20(28-24-18)15-6-7-15/h2-5,12,15,17,23H,6-11,13-14H2,1H3. The van der Waals surface area contributed by atoms with Gasteiger partial charge in [0.1, 0.15) is 17.1 Å². The first-order chi connectivity index (χ1) is 13.7. The summed E-state index contributed by atoms with van der Waals surface area (Å²) >= 11 is 0. The third-order valence-electron chi connectivity index (χ3n) is 6.46. The number of hydrogen-bond donors (Lipinski definition) is 1. The lowest BCUT2D eigenvalue weighted by atomic mass is 9.81. The molecule has 0 saturated heterocycles. The molecule has 2 aromatic rings. The highest BCUT2D eigenvalue weighted by atomic mass is 16.5. The first-order valence-electron chi connectivity index (χ1n) is 10.4. The minimum absolute atomic E-state index is 0.0638. The van der Waals surface area contributed by atoms with Crippen LogP contribution in [0.2, 0.25) is 0 Å². The van der Waals surface area contributed by atoms with E-state index in [4.69, 9.17) is 9.26 Å². The van der Waals surface area contributed by atoms with Crippen LogP contribution in [0.5, 0.6) is 5.75 Å². The molecule has 2 saturated carbocycles. The van der Waals surface area contributed by atoms with Gasteiger partial charge in [-0.25, -0.2) is 0 Å². The van der Waals surface area contributed by atoms with Crippen LogP contribution in [0, 0.1) is 0 Å². The van der Waals surface area contributed by atoms with Crippen LogP contribution >= 0.6 is 0 Å². The molecule has 2 heterocycles. The monoisotopic (exact) mass is 381 g/mol. The van der Waals surface area contributed by atoms with E-state index in [9.17, 15) is 4.79 Å². The number of amides is 1. The molecule has 28 heavy (non-hydrogen) atoms. The summed E-state index contributed by atoms with van der Waals surface area (Å²) in [6.07, 6.45) is 6.23. The van der Waals surface area contributed by atoms with Crippen molar-refractivity contribution in [3.05, 3.63) is 47.3 Å². The average molecular weight is 381 g/mol. The van der Waals surface area contributed by atoms with Crippen molar-refractivity contribution in [2.75, 3.05) is 13.6 Å². The van der Waals surface area contributed by atoms with Gasteiger partial charge in [0.15, 0.2) is 5.69 Å². The molecule has 1 aromatic heterocycles. The van der Waals surface area contributed by atoms with E-state index in [1.54, 1.807) is 0 Å². The van der Waals surface area contributed by atoms with Crippen LogP contribution in [0.25, 0.3) is 0 Å². The smallest absolute Gasteiger partial charge is 0.276 e. The highest BCUT2D eigenvalue weighted by molar-refractivity contribution is 5.92. The molecule has 0 unspecified atom stereocenters. The van der Waals surface area contributed by atoms with Gasteiger partial charge < -0.3 is 19.5 Å². The number of rotatable bonds is 3. The highest BCUT2D eigenvalue weighted by Crippen LogP contribution is 2.41. The van der Waals surface area contributed by atoms with Gasteiger partial charge in [-0.2, -0.15) is 0 Å². The molecule has 1 amide bonds. The molecular formula is C22H27N3O3. The molecule has 1 N–H and O–H groups in total. The molecule has 5 rings (SSSR count). The molecule has 1 spiro atoms. The third kappa shape index (κ3) is 3.30. The molecule has 2 aliphatic carbocycles. The van der Waals surface area contributed by atoms with Crippen molar-refractivity contribution in [1.82, 2.24) is 15.4 Å². The Labute approximate surface area is 165 Å². The summed E-state index contributed by atoms with van der Waals surface area (Å²) < 4.78 is 12.0. The normalized spacial score (nSPS) is 27.2. The fourth-order valence-corrected chi connectivity index (χ4v) is 4.56. The summed E-state index contributed by atoms with van der Waals surface area (Å²) in [5.41, 5.74) is 1.13. The number of ether oxygens (including phenoxy) is 1. The SMILES string of the molecule is CNC1CCC2(CC1)CN(C(=O)c1cc(C3CC3)on1)Cc1ccccc1O2. The van der Waals surface area contributed by atoms with Crippen molar-refractivity contribution in [2.45, 2.75) is 62.6 Å². The average Bonchev–Trinajstić information content (AvgIpc) is 3.48. The van der Waals surface area contributed by atoms with Gasteiger partial charge in [-0.1, -0.05) is 23.4 Å². The Morgan fingerprint density at radius 2 is 2.00 bits per heavy atom. The molecule has 0 atom stereocenters. The summed E-state index contributed by atoms with van der Waals surface area (Å²) in [6.45, 7) is 1.13. The second-order valence-electron chi connectivity index (χ2n) is 8.51. The first kappa shape index (κ1) is 17.7. The Morgan fingerprint density at radius 1 is 1.21 bits per heavy atom. The Hall–Kier alpha value is -2.34. The lowest BCUT2D eigenvalue weighted by molar-refractivity contribution is 0.000177. The number of hydrogen-bond acceptors (Lipinski definition) is 5. The largest absolute Gasteiger partial charge is 0.485 e. The Bertz CT molecular complexity index is 865. The van der Waals surface area contributed by atoms with Crippen molar-refractivity contribution >= 4 is 5.91 Å². The first-order valence-corrected chi connectivity index (χ1v) is 10.4. The minimum Gasteiger partial charge on any atom is -0.485 e. The van der Waals surface area contributed by atoms with Crippen molar-refractivity contribution in [3.8, 4) is 5.75 Å². The zero-order valence-electron chi connectivity index (χ0n) is 16.3. The lowest BCUT2D eigenvalue weighted by Crippen LogP contribution is -2.51. The van der Waals surface area contributed by atoms with Crippen LogP contribution in [-0.2, 0) is 6.54 Å². The summed E-state index contributed by atoms with van der Waals surface area (Å²) in [5.74, 6) is 2.13. The van der Waals surface area contributed by atoms with Gasteiger partial charge in [0.05, 0.1) is 6.54 Å². The molecule has 0 bridgehead atoms. The van der Waals surface area contributed by atoms with E-state index >= 15 is 0 Å². The van der Waals surface area contributed by atoms with Gasteiger partial charge in [-0.3, -0.25) is 4.79 Å². The van der Waals surface area contributed by atoms with E-state index in [2.05, 4.69) is 10.5 Å². The van der Waals surface area contributed by atoms with E-state index < -0.39 is 0 Å². The highest BCUT2D eigenvalue weighted by Gasteiger charge is 2.42. The quantitative estimate of drug-likeness (QED) is 0.882. The molecule has 0 radical (unpaired) electrons. The summed E-state index contributed by atoms with van der Waals surface area (Å²) in [7, 11) is 2.02. The number of benzene rings is 1. The second kappa shape index (κ2) is 6.92. The van der Waals surface area contributed by atoms with Gasteiger partial charge in [-0.15, -0.1) is 0 Å². The Morgan fingerprint density at radius 3 is 2.75 bits per heavy atom. The fraction of sp³-hybridized carbons (Fsp3) is 0.545. The molecule has 3 aliphatic rings. The number of carbonyl (C=O) groups excluding carboxylic acids is 1. The zero-order chi connectivity index (χ0) is 19.1. The maximum absolute atomic E-state index is 13.3. The lowest BCUT2D eigenvalue weighted by Gasteiger charge is -2.41. The zero-order valence-corrected chi connectivity index (χ0v) is 16.3. The van der Waals surface area contributed by atoms with Crippen LogP contribution in [0.15, 0.2) is 34.9 Å². The Balaban J connectivity index is 1.44. The van der Waals surface area contributed by atoms with Gasteiger partial charge in [0.2, 0.25) is 0 Å². The van der Waals surface area contributed by atoms with Gasteiger partial charge in [0.25, 0.3) is 5.91 Å². The van der Waals surface area contributed by atoms with Crippen molar-refractivity contribution in [1.29, 1.82) is 0 Å². The van der Waals surface area contributed by atoms with E-state index in [0.29, 0.717) is 30.7 Å². The van der Waals surface area contributed by atoms with Crippen LogP contribution < -0.4 is 10.1 Å². The number of aromatic nitrogens is 1. The fourth-order valence-electron chi connectivity index (χ4n) is 4.56. The van der Waals surface area contributed by atoms with Crippen LogP contribution in [-0.4, -0.2) is 41.2 Å². The van der Waals surface area contributed by atoms with Crippen LogP contribution in [0.4, 0.5) is 0 Å². The van der Waals surface area contributed by atoms with E-state index in [0.717, 1.165) is 55.6 Å². The summed E-state index contributed by atoms with van der Waals surface area (Å²) in [5, 5.41) is 7.46. The van der Waals surface area contributed by atoms with E-state index in [1.165, 1.54) is 0 Å². The Kier molecular flexibility index (Phi) is 4.38. The molecule has 6 nitrogen and oxygen atoms in total. The van der Waals surface area contributed by atoms with Gasteiger partial charge >= 0.3 is 0 Å². The number of nitrogens with zero attached hydrogens (tertiary/aromatic N) is 2. The maximum atomic E-state index is 13.3. The number of fused-ring (bicyclic) bond motifs is 1. The molecule has 2 fully saturated rings. The van der Waals surface area contributed by atoms with E-state index in [1.807, 2.05) is 42.3 Å². The van der Waals surface area contributed by atoms with Gasteiger partial charge in [0, 0.05) is 30.1 Å². The van der Waals surface area contributed by atoms with E-state index in [-0.39, 0.29) is 11.5 Å². The number of nitrogens with one attached hydrogen (secondary N) is 1. The predicted molar refractivity (Wildman–Crippen MR) is 104 cm³/mol. The van der Waals surface area contributed by atoms with Crippen molar-refractivity contribution in [2.24, 2.45) is 0 Å². The van der Waals surface area contributed by atoms with Gasteiger partial charge in [-0.05, 0) is 51.6 Å². The topological polar surface area (TPSA) is 67.6 Å². The summed E-state index contributed by atoms with van der Waals surface area (Å²) in [6, 6.07) is 10.4. The van der Waals surface area contributed by atoms with Crippen molar-refractivity contribution in [3.63, 3.8) is 0 Å². The molecule has 6 heteroatoms. The molecular weight excluding hydrogens is 354 g/mol. The van der Waals surface area contributed by atoms with Crippen molar-refractivity contribution < 1.29 is 14.1 Å². The summed E-state index contributed by atoms with van der Waals surface area (Å²) in [4.78, 5) is 15.2. The van der Waals surface area contributed by atoms with Crippen LogP contribution in [0.1, 0.15) is 66.3 Å². The molecule has 1 aliphatic heterocycles. The van der Waals surface area contributed by atoms with Crippen LogP contribution in [0.3, 0.4) is 0 Å². The number of para-hydroxylation sites is 1. The molecule has 1 aromatic carbocycles. The second-order valence-corrected chi connectivity index (χ2v) is 8.51. The predicted octanol–water partition coefficient (Wildman–Crippen LogP) is 3.49. The maximum Gasteiger partial charge on any atom is 0.276 e.